The summed E-state index contributed by atoms with van der Waals surface area (Å²) >= 11 is 0. The lowest BCUT2D eigenvalue weighted by molar-refractivity contribution is -0.122. The molecule has 0 unspecified atom stereocenters. The van der Waals surface area contributed by atoms with Crippen LogP contribution < -0.4 is 10.6 Å². The number of nitrogens with zero attached hydrogens (tertiary/aromatic N) is 4. The van der Waals surface area contributed by atoms with Gasteiger partial charge in [-0.2, -0.15) is 5.10 Å². The smallest absolute Gasteiger partial charge is 0.241 e. The van der Waals surface area contributed by atoms with E-state index >= 15 is 0 Å². The summed E-state index contributed by atoms with van der Waals surface area (Å²) in [6, 6.07) is 5.76. The summed E-state index contributed by atoms with van der Waals surface area (Å²) in [6.45, 7) is 6.09. The van der Waals surface area contributed by atoms with Crippen molar-refractivity contribution in [3.05, 3.63) is 41.7 Å². The molecule has 1 fully saturated rings. The minimum atomic E-state index is -0.0530. The summed E-state index contributed by atoms with van der Waals surface area (Å²) in [5.41, 5.74) is 0.915. The zero-order valence-electron chi connectivity index (χ0n) is 17.4. The molecule has 0 aromatic carbocycles. The number of hydrogen-bond acceptors (Lipinski definition) is 5. The molecular formula is C21H30N6O2. The van der Waals surface area contributed by atoms with Crippen molar-refractivity contribution in [2.45, 2.75) is 59.0 Å². The molecule has 2 heterocycles. The molecule has 8 heteroatoms. The van der Waals surface area contributed by atoms with E-state index < -0.39 is 0 Å². The van der Waals surface area contributed by atoms with Gasteiger partial charge in [-0.15, -0.1) is 0 Å². The number of carbonyl (C=O) groups excluding carboxylic acids is 2. The molecular weight excluding hydrogens is 368 g/mol. The van der Waals surface area contributed by atoms with Crippen LogP contribution in [0.3, 0.4) is 0 Å². The van der Waals surface area contributed by atoms with Gasteiger partial charge in [0, 0.05) is 19.7 Å². The Morgan fingerprint density at radius 1 is 1.21 bits per heavy atom. The van der Waals surface area contributed by atoms with Gasteiger partial charge in [0.05, 0.1) is 11.7 Å². The molecule has 0 spiro atoms. The van der Waals surface area contributed by atoms with Gasteiger partial charge < -0.3 is 10.6 Å². The summed E-state index contributed by atoms with van der Waals surface area (Å²) in [7, 11) is 0. The van der Waals surface area contributed by atoms with E-state index in [2.05, 4.69) is 25.7 Å². The van der Waals surface area contributed by atoms with E-state index in [4.69, 9.17) is 0 Å². The van der Waals surface area contributed by atoms with Crippen LogP contribution in [0.25, 0.3) is 0 Å². The van der Waals surface area contributed by atoms with Crippen molar-refractivity contribution >= 4 is 11.8 Å². The van der Waals surface area contributed by atoms with Crippen LogP contribution in [0, 0.1) is 25.7 Å². The van der Waals surface area contributed by atoms with Crippen molar-refractivity contribution in [2.24, 2.45) is 11.8 Å². The number of aromatic nitrogens is 4. The molecule has 2 amide bonds. The molecule has 3 rings (SSSR count). The Morgan fingerprint density at radius 3 is 2.55 bits per heavy atom. The highest BCUT2D eigenvalue weighted by atomic mass is 16.2. The molecule has 156 valence electrons. The highest BCUT2D eigenvalue weighted by Gasteiger charge is 2.30. The molecule has 1 aliphatic carbocycles. The zero-order chi connectivity index (χ0) is 20.8. The van der Waals surface area contributed by atoms with Crippen LogP contribution in [-0.2, 0) is 16.1 Å². The highest BCUT2D eigenvalue weighted by molar-refractivity contribution is 5.75. The second-order valence-electron chi connectivity index (χ2n) is 7.88. The van der Waals surface area contributed by atoms with E-state index in [0.717, 1.165) is 37.2 Å². The SMILES string of the molecule is CC(=O)N[C@@H](c1ccccn1)C1CCC(CNC(=O)Cn2nc(C)nc2C)CC1. The molecule has 0 saturated heterocycles. The van der Waals surface area contributed by atoms with Crippen LogP contribution in [0.5, 0.6) is 0 Å². The highest BCUT2D eigenvalue weighted by Crippen LogP contribution is 2.36. The standard InChI is InChI=1S/C21H30N6O2/c1-14-24-15(2)27(26-14)13-20(29)23-12-17-7-9-18(10-8-17)21(25-16(3)28)19-6-4-5-11-22-19/h4-6,11,17-18,21H,7-10,12-13H2,1-3H3,(H,23,29)(H,25,28)/t17?,18?,21-/m1/s1. The topological polar surface area (TPSA) is 102 Å². The van der Waals surface area contributed by atoms with E-state index in [1.54, 1.807) is 17.8 Å². The van der Waals surface area contributed by atoms with Gasteiger partial charge in [0.15, 0.2) is 0 Å². The monoisotopic (exact) mass is 398 g/mol. The summed E-state index contributed by atoms with van der Waals surface area (Å²) in [5.74, 6) is 2.17. The predicted molar refractivity (Wildman–Crippen MR) is 109 cm³/mol. The lowest BCUT2D eigenvalue weighted by atomic mass is 9.77. The number of carbonyl (C=O) groups is 2. The van der Waals surface area contributed by atoms with Gasteiger partial charge in [-0.05, 0) is 63.5 Å². The zero-order valence-corrected chi connectivity index (χ0v) is 17.4. The molecule has 2 aromatic heterocycles. The molecule has 1 aliphatic rings. The summed E-state index contributed by atoms with van der Waals surface area (Å²) < 4.78 is 1.63. The number of amides is 2. The maximum atomic E-state index is 12.2. The summed E-state index contributed by atoms with van der Waals surface area (Å²) in [6.07, 6.45) is 5.82. The molecule has 1 atom stereocenters. The first-order chi connectivity index (χ1) is 13.9. The van der Waals surface area contributed by atoms with Crippen molar-refractivity contribution in [1.82, 2.24) is 30.4 Å². The maximum absolute atomic E-state index is 12.2. The Bertz CT molecular complexity index is 827. The fourth-order valence-electron chi connectivity index (χ4n) is 4.10. The molecule has 1 saturated carbocycles. The third kappa shape index (κ3) is 5.85. The van der Waals surface area contributed by atoms with Gasteiger partial charge >= 0.3 is 0 Å². The average Bonchev–Trinajstić information content (AvgIpc) is 3.02. The molecule has 8 nitrogen and oxygen atoms in total. The lowest BCUT2D eigenvalue weighted by Crippen LogP contribution is -2.37. The second kappa shape index (κ2) is 9.62. The maximum Gasteiger partial charge on any atom is 0.241 e. The van der Waals surface area contributed by atoms with E-state index in [0.29, 0.717) is 24.2 Å². The Balaban J connectivity index is 1.48. The van der Waals surface area contributed by atoms with Crippen LogP contribution in [0.2, 0.25) is 0 Å². The van der Waals surface area contributed by atoms with Gasteiger partial charge in [0.25, 0.3) is 0 Å². The minimum Gasteiger partial charge on any atom is -0.354 e. The van der Waals surface area contributed by atoms with Crippen LogP contribution >= 0.6 is 0 Å². The first kappa shape index (κ1) is 21.0. The average molecular weight is 399 g/mol. The van der Waals surface area contributed by atoms with Crippen LogP contribution in [0.15, 0.2) is 24.4 Å². The minimum absolute atomic E-state index is 0.0336. The Hall–Kier alpha value is -2.77. The van der Waals surface area contributed by atoms with Crippen molar-refractivity contribution in [3.8, 4) is 0 Å². The number of nitrogens with one attached hydrogen (secondary N) is 2. The molecule has 0 bridgehead atoms. The first-order valence-electron chi connectivity index (χ1n) is 10.2. The molecule has 0 radical (unpaired) electrons. The van der Waals surface area contributed by atoms with E-state index in [-0.39, 0.29) is 24.4 Å². The fourth-order valence-corrected chi connectivity index (χ4v) is 4.10. The van der Waals surface area contributed by atoms with Gasteiger partial charge in [0.2, 0.25) is 11.8 Å². The molecule has 0 aliphatic heterocycles. The van der Waals surface area contributed by atoms with Gasteiger partial charge in [-0.1, -0.05) is 6.07 Å². The molecule has 2 N–H and O–H groups in total. The Labute approximate surface area is 171 Å². The summed E-state index contributed by atoms with van der Waals surface area (Å²) in [4.78, 5) is 32.6. The Morgan fingerprint density at radius 2 is 1.97 bits per heavy atom. The van der Waals surface area contributed by atoms with Crippen LogP contribution in [0.1, 0.15) is 56.0 Å². The van der Waals surface area contributed by atoms with Crippen molar-refractivity contribution < 1.29 is 9.59 Å². The third-order valence-electron chi connectivity index (χ3n) is 5.57. The number of rotatable bonds is 7. The molecule has 2 aromatic rings. The fraction of sp³-hybridized carbons (Fsp3) is 0.571. The number of aryl methyl sites for hydroxylation is 2. The largest absolute Gasteiger partial charge is 0.354 e. The van der Waals surface area contributed by atoms with Gasteiger partial charge in [-0.3, -0.25) is 14.6 Å². The number of hydrogen-bond donors (Lipinski definition) is 2. The second-order valence-corrected chi connectivity index (χ2v) is 7.88. The van der Waals surface area contributed by atoms with Gasteiger partial charge in [0.1, 0.15) is 18.2 Å². The van der Waals surface area contributed by atoms with Crippen molar-refractivity contribution in [1.29, 1.82) is 0 Å². The third-order valence-corrected chi connectivity index (χ3v) is 5.57. The predicted octanol–water partition coefficient (Wildman–Crippen LogP) is 2.09. The first-order valence-corrected chi connectivity index (χ1v) is 10.2. The van der Waals surface area contributed by atoms with Crippen molar-refractivity contribution in [3.63, 3.8) is 0 Å². The lowest BCUT2D eigenvalue weighted by Gasteiger charge is -2.34. The van der Waals surface area contributed by atoms with Crippen molar-refractivity contribution in [2.75, 3.05) is 6.54 Å². The quantitative estimate of drug-likeness (QED) is 0.744. The number of pyridine rings is 1. The van der Waals surface area contributed by atoms with E-state index in [9.17, 15) is 9.59 Å². The normalized spacial score (nSPS) is 20.1. The van der Waals surface area contributed by atoms with E-state index in [1.165, 1.54) is 0 Å². The van der Waals surface area contributed by atoms with Crippen LogP contribution in [0.4, 0.5) is 0 Å². The van der Waals surface area contributed by atoms with E-state index in [1.807, 2.05) is 32.0 Å². The van der Waals surface area contributed by atoms with Gasteiger partial charge in [-0.25, -0.2) is 9.67 Å². The Kier molecular flexibility index (Phi) is 6.95. The molecule has 29 heavy (non-hydrogen) atoms. The van der Waals surface area contributed by atoms with Crippen LogP contribution in [-0.4, -0.2) is 38.1 Å². The summed E-state index contributed by atoms with van der Waals surface area (Å²) in [5, 5.41) is 10.3.